The molecule has 8 nitrogen and oxygen atoms in total. The Morgan fingerprint density at radius 1 is 1.07 bits per heavy atom. The monoisotopic (exact) mass is 575 g/mol. The van der Waals surface area contributed by atoms with Gasteiger partial charge in [0.1, 0.15) is 17.3 Å². The Labute approximate surface area is 234 Å². The first kappa shape index (κ1) is 29.2. The van der Waals surface area contributed by atoms with Crippen molar-refractivity contribution in [2.24, 2.45) is 0 Å². The van der Waals surface area contributed by atoms with E-state index in [1.807, 2.05) is 0 Å². The number of carbonyl (C=O) groups excluding carboxylic acids is 1. The number of amides is 2. The predicted octanol–water partition coefficient (Wildman–Crippen LogP) is 6.48. The summed E-state index contributed by atoms with van der Waals surface area (Å²) in [6.07, 6.45) is 1.50. The molecular weight excluding hydrogens is 547 g/mol. The maximum absolute atomic E-state index is 15.7. The van der Waals surface area contributed by atoms with Gasteiger partial charge < -0.3 is 15.7 Å². The van der Waals surface area contributed by atoms with E-state index in [1.165, 1.54) is 17.0 Å². The summed E-state index contributed by atoms with van der Waals surface area (Å²) in [5, 5.41) is 14.9. The van der Waals surface area contributed by atoms with Crippen molar-refractivity contribution in [3.63, 3.8) is 0 Å². The van der Waals surface area contributed by atoms with Gasteiger partial charge in [-0.05, 0) is 69.6 Å². The smallest absolute Gasteiger partial charge is 0.335 e. The molecule has 0 fully saturated rings. The molecule has 2 amide bonds. The number of halogens is 4. The fourth-order valence-electron chi connectivity index (χ4n) is 4.71. The van der Waals surface area contributed by atoms with E-state index >= 15 is 8.78 Å². The SMILES string of the molecule is Cc1cc(Cl)cc2c1-c1cc(F)cnc1N(C(C)C)C(=O)N2c1c(F)cc(NCCNCCCC(=O)O)cc1F. The molecule has 3 N–H and O–H groups in total. The molecule has 212 valence electrons. The normalized spacial score (nSPS) is 12.8. The molecule has 0 saturated carbocycles. The Bertz CT molecular complexity index is 1430. The molecule has 0 atom stereocenters. The fraction of sp³-hybridized carbons (Fsp3) is 0.321. The lowest BCUT2D eigenvalue weighted by atomic mass is 9.98. The molecule has 40 heavy (non-hydrogen) atoms. The lowest BCUT2D eigenvalue weighted by molar-refractivity contribution is -0.137. The van der Waals surface area contributed by atoms with Crippen LogP contribution in [0.5, 0.6) is 0 Å². The van der Waals surface area contributed by atoms with Crippen LogP contribution in [0.1, 0.15) is 32.3 Å². The predicted molar refractivity (Wildman–Crippen MR) is 149 cm³/mol. The van der Waals surface area contributed by atoms with Crippen LogP contribution in [-0.2, 0) is 4.79 Å². The Morgan fingerprint density at radius 3 is 2.42 bits per heavy atom. The van der Waals surface area contributed by atoms with Crippen molar-refractivity contribution in [1.82, 2.24) is 10.3 Å². The van der Waals surface area contributed by atoms with Crippen molar-refractivity contribution >= 4 is 46.5 Å². The standard InChI is InChI=1S/C28H29ClF3N5O3/c1-15(2)36-27-20(11-18(30)14-35-27)25-16(3)9-17(29)10-23(25)37(28(36)40)26-21(31)12-19(13-22(26)32)34-8-7-33-6-4-5-24(38)39/h9-15,33-34H,4-8H2,1-3H3,(H,38,39). The first-order valence-electron chi connectivity index (χ1n) is 12.7. The van der Waals surface area contributed by atoms with Crippen LogP contribution in [0.3, 0.4) is 0 Å². The number of pyridine rings is 1. The van der Waals surface area contributed by atoms with E-state index in [0.29, 0.717) is 42.7 Å². The Balaban J connectivity index is 1.73. The molecule has 12 heteroatoms. The number of fused-ring (bicyclic) bond motifs is 3. The zero-order valence-corrected chi connectivity index (χ0v) is 23.0. The van der Waals surface area contributed by atoms with Crippen molar-refractivity contribution in [2.45, 2.75) is 39.7 Å². The molecular formula is C28H29ClF3N5O3. The molecule has 1 aliphatic heterocycles. The highest BCUT2D eigenvalue weighted by molar-refractivity contribution is 6.31. The quantitative estimate of drug-likeness (QED) is 0.239. The summed E-state index contributed by atoms with van der Waals surface area (Å²) in [7, 11) is 0. The van der Waals surface area contributed by atoms with Gasteiger partial charge in [-0.25, -0.2) is 22.9 Å². The number of aliphatic carboxylic acids is 1. The topological polar surface area (TPSA) is 97.8 Å². The van der Waals surface area contributed by atoms with Gasteiger partial charge in [-0.3, -0.25) is 14.6 Å². The number of carboxylic acid groups (broad SMARTS) is 1. The van der Waals surface area contributed by atoms with Crippen molar-refractivity contribution in [1.29, 1.82) is 0 Å². The van der Waals surface area contributed by atoms with Crippen molar-refractivity contribution in [2.75, 3.05) is 34.8 Å². The van der Waals surface area contributed by atoms with Crippen LogP contribution < -0.4 is 20.4 Å². The zero-order valence-electron chi connectivity index (χ0n) is 22.2. The second-order valence-electron chi connectivity index (χ2n) is 9.69. The molecule has 4 rings (SSSR count). The first-order chi connectivity index (χ1) is 19.0. The fourth-order valence-corrected chi connectivity index (χ4v) is 4.98. The van der Waals surface area contributed by atoms with E-state index in [0.717, 1.165) is 23.2 Å². The van der Waals surface area contributed by atoms with Gasteiger partial charge in [-0.1, -0.05) is 11.6 Å². The van der Waals surface area contributed by atoms with Crippen molar-refractivity contribution in [3.8, 4) is 11.1 Å². The molecule has 1 aromatic heterocycles. The lowest BCUT2D eigenvalue weighted by Crippen LogP contribution is -2.45. The number of urea groups is 1. The van der Waals surface area contributed by atoms with Gasteiger partial charge in [0, 0.05) is 47.4 Å². The number of anilines is 4. The summed E-state index contributed by atoms with van der Waals surface area (Å²) in [5.41, 5.74) is 0.875. The second-order valence-corrected chi connectivity index (χ2v) is 10.1. The minimum Gasteiger partial charge on any atom is -0.481 e. The number of nitrogens with one attached hydrogen (secondary N) is 2. The summed E-state index contributed by atoms with van der Waals surface area (Å²) < 4.78 is 45.8. The minimum absolute atomic E-state index is 0.0473. The van der Waals surface area contributed by atoms with Gasteiger partial charge in [0.05, 0.1) is 11.9 Å². The van der Waals surface area contributed by atoms with Gasteiger partial charge in [0.15, 0.2) is 11.6 Å². The Kier molecular flexibility index (Phi) is 8.85. The van der Waals surface area contributed by atoms with E-state index in [9.17, 15) is 14.0 Å². The summed E-state index contributed by atoms with van der Waals surface area (Å²) in [5.74, 6) is -3.35. The highest BCUT2D eigenvalue weighted by Gasteiger charge is 2.38. The summed E-state index contributed by atoms with van der Waals surface area (Å²) >= 11 is 6.34. The van der Waals surface area contributed by atoms with Crippen LogP contribution in [0.4, 0.5) is 40.8 Å². The summed E-state index contributed by atoms with van der Waals surface area (Å²) in [6.45, 7) is 6.39. The van der Waals surface area contributed by atoms with Crippen molar-refractivity contribution in [3.05, 3.63) is 64.6 Å². The Morgan fingerprint density at radius 2 is 1.77 bits per heavy atom. The van der Waals surface area contributed by atoms with Crippen LogP contribution in [0.2, 0.25) is 5.02 Å². The molecule has 2 heterocycles. The molecule has 0 unspecified atom stereocenters. The van der Waals surface area contributed by atoms with Crippen LogP contribution in [-0.4, -0.2) is 47.8 Å². The maximum Gasteiger partial charge on any atom is 0.335 e. The number of rotatable bonds is 10. The molecule has 3 aromatic rings. The lowest BCUT2D eigenvalue weighted by Gasteiger charge is -2.31. The van der Waals surface area contributed by atoms with E-state index in [4.69, 9.17) is 16.7 Å². The average Bonchev–Trinajstić information content (AvgIpc) is 2.95. The maximum atomic E-state index is 15.7. The van der Waals surface area contributed by atoms with Crippen molar-refractivity contribution < 1.29 is 27.9 Å². The Hall–Kier alpha value is -3.83. The van der Waals surface area contributed by atoms with Gasteiger partial charge in [0.25, 0.3) is 0 Å². The van der Waals surface area contributed by atoms with Gasteiger partial charge >= 0.3 is 12.0 Å². The molecule has 1 aliphatic rings. The zero-order chi connectivity index (χ0) is 29.1. The number of hydrogen-bond donors (Lipinski definition) is 3. The third kappa shape index (κ3) is 6.00. The van der Waals surface area contributed by atoms with Gasteiger partial charge in [-0.15, -0.1) is 0 Å². The summed E-state index contributed by atoms with van der Waals surface area (Å²) in [4.78, 5) is 31.0. The highest BCUT2D eigenvalue weighted by atomic mass is 35.5. The van der Waals surface area contributed by atoms with E-state index in [-0.39, 0.29) is 28.6 Å². The number of aromatic nitrogens is 1. The van der Waals surface area contributed by atoms with E-state index in [2.05, 4.69) is 15.6 Å². The first-order valence-corrected chi connectivity index (χ1v) is 13.1. The number of aryl methyl sites for hydroxylation is 1. The number of nitrogens with zero attached hydrogens (tertiary/aromatic N) is 3. The molecule has 0 saturated heterocycles. The molecule has 0 spiro atoms. The van der Waals surface area contributed by atoms with Crippen LogP contribution in [0.15, 0.2) is 36.5 Å². The second kappa shape index (κ2) is 12.1. The van der Waals surface area contributed by atoms with Crippen LogP contribution in [0.25, 0.3) is 11.1 Å². The average molecular weight is 576 g/mol. The molecule has 2 aromatic carbocycles. The van der Waals surface area contributed by atoms with E-state index in [1.54, 1.807) is 26.8 Å². The number of carbonyl (C=O) groups is 2. The molecule has 0 radical (unpaired) electrons. The number of carboxylic acids is 1. The number of hydrogen-bond acceptors (Lipinski definition) is 5. The van der Waals surface area contributed by atoms with Crippen LogP contribution in [0, 0.1) is 24.4 Å². The largest absolute Gasteiger partial charge is 0.481 e. The minimum atomic E-state index is -0.998. The molecule has 0 bridgehead atoms. The number of benzene rings is 2. The van der Waals surface area contributed by atoms with E-state index < -0.39 is 41.2 Å². The van der Waals surface area contributed by atoms with Gasteiger partial charge in [-0.2, -0.15) is 0 Å². The van der Waals surface area contributed by atoms with Crippen LogP contribution >= 0.6 is 11.6 Å². The third-order valence-corrected chi connectivity index (χ3v) is 6.60. The summed E-state index contributed by atoms with van der Waals surface area (Å²) in [6, 6.07) is 5.18. The third-order valence-electron chi connectivity index (χ3n) is 6.38. The van der Waals surface area contributed by atoms with Gasteiger partial charge in [0.2, 0.25) is 0 Å². The molecule has 0 aliphatic carbocycles. The highest BCUT2D eigenvalue weighted by Crippen LogP contribution is 2.47.